The van der Waals surface area contributed by atoms with Crippen molar-refractivity contribution in [3.05, 3.63) is 36.0 Å². The molecule has 1 fully saturated rings. The van der Waals surface area contributed by atoms with Crippen molar-refractivity contribution in [2.75, 3.05) is 31.1 Å². The van der Waals surface area contributed by atoms with Gasteiger partial charge in [-0.1, -0.05) is 18.2 Å². The van der Waals surface area contributed by atoms with Gasteiger partial charge in [-0.25, -0.2) is 9.78 Å². The molecule has 0 N–H and O–H groups in total. The third kappa shape index (κ3) is 4.56. The quantitative estimate of drug-likeness (QED) is 0.566. The molecule has 12 heteroatoms. The first-order chi connectivity index (χ1) is 15.3. The summed E-state index contributed by atoms with van der Waals surface area (Å²) in [7, 11) is -4.40. The third-order valence-electron chi connectivity index (χ3n) is 5.14. The molecular formula is C21H22F3N3O5S. The summed E-state index contributed by atoms with van der Waals surface area (Å²) in [6, 6.07) is 6.59. The summed E-state index contributed by atoms with van der Waals surface area (Å²) in [5.41, 5.74) is -2.27. The lowest BCUT2D eigenvalue weighted by Gasteiger charge is -2.37. The predicted molar refractivity (Wildman–Crippen MR) is 113 cm³/mol. The summed E-state index contributed by atoms with van der Waals surface area (Å²) in [6.07, 6.45) is -5.32. The number of pyridine rings is 1. The molecule has 0 saturated carbocycles. The number of nitrogens with zero attached hydrogens (tertiary/aromatic N) is 3. The second kappa shape index (κ2) is 7.79. The molecule has 0 radical (unpaired) electrons. The van der Waals surface area contributed by atoms with Crippen LogP contribution in [0.2, 0.25) is 0 Å². The molecule has 8 nitrogen and oxygen atoms in total. The molecule has 0 spiro atoms. The molecule has 0 atom stereocenters. The Labute approximate surface area is 189 Å². The van der Waals surface area contributed by atoms with Gasteiger partial charge in [0.1, 0.15) is 16.2 Å². The smallest absolute Gasteiger partial charge is 0.434 e. The monoisotopic (exact) mass is 485 g/mol. The van der Waals surface area contributed by atoms with Crippen LogP contribution in [0.25, 0.3) is 11.1 Å². The number of piperazine rings is 1. The number of ether oxygens (including phenoxy) is 1. The summed E-state index contributed by atoms with van der Waals surface area (Å²) in [6.45, 7) is 6.15. The molecule has 1 amide bonds. The van der Waals surface area contributed by atoms with Crippen LogP contribution in [-0.4, -0.2) is 56.2 Å². The van der Waals surface area contributed by atoms with Gasteiger partial charge in [-0.15, -0.1) is 0 Å². The molecule has 3 aliphatic heterocycles. The fourth-order valence-corrected chi connectivity index (χ4v) is 4.82. The van der Waals surface area contributed by atoms with Crippen LogP contribution in [0.3, 0.4) is 0 Å². The van der Waals surface area contributed by atoms with Crippen molar-refractivity contribution in [3.8, 4) is 17.0 Å². The molecule has 1 aromatic carbocycles. The number of aromatic nitrogens is 1. The third-order valence-corrected chi connectivity index (χ3v) is 6.42. The molecule has 1 aromatic heterocycles. The van der Waals surface area contributed by atoms with Crippen LogP contribution >= 0.6 is 0 Å². The predicted octanol–water partition coefficient (Wildman–Crippen LogP) is 3.91. The number of rotatable bonds is 1. The minimum absolute atomic E-state index is 0.111. The number of alkyl halides is 3. The molecule has 178 valence electrons. The fraction of sp³-hybridized carbons (Fsp3) is 0.429. The lowest BCUT2D eigenvalue weighted by Crippen LogP contribution is -2.50. The van der Waals surface area contributed by atoms with Crippen molar-refractivity contribution in [1.82, 2.24) is 9.88 Å². The lowest BCUT2D eigenvalue weighted by molar-refractivity contribution is -0.140. The number of benzene rings is 1. The van der Waals surface area contributed by atoms with E-state index in [0.717, 1.165) is 0 Å². The zero-order chi connectivity index (χ0) is 24.2. The highest BCUT2D eigenvalue weighted by Gasteiger charge is 2.41. The van der Waals surface area contributed by atoms with Gasteiger partial charge in [-0.05, 0) is 32.9 Å². The summed E-state index contributed by atoms with van der Waals surface area (Å²) in [4.78, 5) is 18.7. The van der Waals surface area contributed by atoms with Gasteiger partial charge in [0.05, 0.1) is 0 Å². The Balaban J connectivity index is 1.73. The molecule has 2 bridgehead atoms. The number of carbonyl (C=O) groups is 1. The maximum absolute atomic E-state index is 13.8. The van der Waals surface area contributed by atoms with Crippen molar-refractivity contribution in [2.24, 2.45) is 0 Å². The Morgan fingerprint density at radius 2 is 1.70 bits per heavy atom. The van der Waals surface area contributed by atoms with Crippen molar-refractivity contribution >= 4 is 21.9 Å². The Morgan fingerprint density at radius 1 is 1.06 bits per heavy atom. The second-order valence-corrected chi connectivity index (χ2v) is 10.2. The lowest BCUT2D eigenvalue weighted by atomic mass is 10.0. The van der Waals surface area contributed by atoms with E-state index in [9.17, 15) is 26.4 Å². The molecule has 4 heterocycles. The van der Waals surface area contributed by atoms with Crippen LogP contribution in [0.1, 0.15) is 26.5 Å². The normalized spacial score (nSPS) is 17.6. The van der Waals surface area contributed by atoms with Gasteiger partial charge in [-0.2, -0.15) is 21.6 Å². The van der Waals surface area contributed by atoms with Crippen molar-refractivity contribution in [2.45, 2.75) is 37.4 Å². The molecular weight excluding hydrogens is 463 g/mol. The molecule has 2 aromatic rings. The minimum atomic E-state index is -4.82. The van der Waals surface area contributed by atoms with E-state index in [1.165, 1.54) is 35.2 Å². The van der Waals surface area contributed by atoms with E-state index >= 15 is 0 Å². The van der Waals surface area contributed by atoms with E-state index in [1.807, 2.05) is 0 Å². The maximum atomic E-state index is 13.8. The summed E-state index contributed by atoms with van der Waals surface area (Å²) < 4.78 is 77.3. The fourth-order valence-electron chi connectivity index (χ4n) is 3.71. The van der Waals surface area contributed by atoms with Gasteiger partial charge < -0.3 is 18.7 Å². The van der Waals surface area contributed by atoms with Crippen molar-refractivity contribution in [1.29, 1.82) is 0 Å². The highest BCUT2D eigenvalue weighted by atomic mass is 32.2. The van der Waals surface area contributed by atoms with E-state index in [4.69, 9.17) is 8.92 Å². The molecule has 1 saturated heterocycles. The average Bonchev–Trinajstić information content (AvgIpc) is 2.70. The van der Waals surface area contributed by atoms with Crippen LogP contribution in [-0.2, 0) is 21.0 Å². The van der Waals surface area contributed by atoms with E-state index in [-0.39, 0.29) is 47.9 Å². The van der Waals surface area contributed by atoms with Crippen LogP contribution in [0.5, 0.6) is 5.88 Å². The van der Waals surface area contributed by atoms with Crippen molar-refractivity contribution in [3.63, 3.8) is 0 Å². The highest BCUT2D eigenvalue weighted by molar-refractivity contribution is 7.87. The number of fused-ring (bicyclic) bond motifs is 3. The Bertz CT molecular complexity index is 1200. The van der Waals surface area contributed by atoms with E-state index < -0.39 is 39.6 Å². The second-order valence-electron chi connectivity index (χ2n) is 8.69. The molecule has 0 aliphatic carbocycles. The highest BCUT2D eigenvalue weighted by Crippen LogP contribution is 2.45. The Hall–Kier alpha value is -3.02. The Kier molecular flexibility index (Phi) is 5.46. The number of hydrogen-bond donors (Lipinski definition) is 0. The van der Waals surface area contributed by atoms with Gasteiger partial charge in [0.15, 0.2) is 5.69 Å². The zero-order valence-corrected chi connectivity index (χ0v) is 19.0. The first-order valence-electron chi connectivity index (χ1n) is 10.2. The molecule has 33 heavy (non-hydrogen) atoms. The molecule has 0 unspecified atom stereocenters. The van der Waals surface area contributed by atoms with Crippen LogP contribution < -0.4 is 9.08 Å². The van der Waals surface area contributed by atoms with E-state index in [1.54, 1.807) is 25.7 Å². The van der Waals surface area contributed by atoms with E-state index in [2.05, 4.69) is 4.98 Å². The van der Waals surface area contributed by atoms with E-state index in [0.29, 0.717) is 0 Å². The number of hydrogen-bond acceptors (Lipinski definition) is 7. The largest absolute Gasteiger partial charge is 0.444 e. The first-order valence-corrected chi connectivity index (χ1v) is 11.6. The zero-order valence-electron chi connectivity index (χ0n) is 18.1. The van der Waals surface area contributed by atoms with Gasteiger partial charge in [0.25, 0.3) is 5.88 Å². The number of halogens is 3. The number of anilines is 1. The number of amides is 1. The van der Waals surface area contributed by atoms with Crippen molar-refractivity contribution < 1.29 is 35.3 Å². The number of carbonyl (C=O) groups excluding carboxylic acids is 1. The standard InChI is InChI=1S/C21H22F3N3O5S/c1-20(2,3)31-19(28)27-10-8-26(9-11-27)15-12-14-13-6-4-5-7-16(13)33(29,30)32-18(15)25-17(14)21(22,23)24/h4-7,12H,8-11H2,1-3H3. The topological polar surface area (TPSA) is 89.0 Å². The first kappa shape index (κ1) is 23.1. The van der Waals surface area contributed by atoms with Crippen LogP contribution in [0.15, 0.2) is 35.2 Å². The summed E-state index contributed by atoms with van der Waals surface area (Å²) in [5, 5.41) is 0. The average molecular weight is 485 g/mol. The summed E-state index contributed by atoms with van der Waals surface area (Å²) >= 11 is 0. The summed E-state index contributed by atoms with van der Waals surface area (Å²) in [5.74, 6) is -0.647. The van der Waals surface area contributed by atoms with Gasteiger partial charge in [-0.3, -0.25) is 0 Å². The van der Waals surface area contributed by atoms with Gasteiger partial charge in [0, 0.05) is 37.3 Å². The minimum Gasteiger partial charge on any atom is -0.444 e. The van der Waals surface area contributed by atoms with Crippen LogP contribution in [0.4, 0.5) is 23.7 Å². The van der Waals surface area contributed by atoms with Crippen LogP contribution in [0, 0.1) is 0 Å². The van der Waals surface area contributed by atoms with Gasteiger partial charge in [0.2, 0.25) is 0 Å². The maximum Gasteiger partial charge on any atom is 0.434 e. The molecule has 5 rings (SSSR count). The van der Waals surface area contributed by atoms with Gasteiger partial charge >= 0.3 is 22.4 Å². The SMILES string of the molecule is CC(C)(C)OC(=O)N1CCN(c2cc3c(C(F)(F)F)nc2OS(=O)(=O)c2ccccc2-3)CC1. The Morgan fingerprint density at radius 3 is 2.30 bits per heavy atom. The molecule has 3 aliphatic rings.